The number of carbonyl (C=O) groups is 1. The highest BCUT2D eigenvalue weighted by atomic mass is 32.1. The molecule has 1 amide bonds. The summed E-state index contributed by atoms with van der Waals surface area (Å²) in [4.78, 5) is 15.7. The van der Waals surface area contributed by atoms with E-state index in [1.54, 1.807) is 23.3 Å². The van der Waals surface area contributed by atoms with Crippen molar-refractivity contribution < 1.29 is 14.6 Å². The standard InChI is InChI=1S/C18H23NO3S/c1-19(11-14-9-12-5-3-4-6-17(12)23-14)18(21)13-7-8-15(20)16(10-13)22-2/h3-6,9,13,15-16,20H,7-8,10-11H2,1-2H3/t13-,15+,16-/m1/s1. The maximum Gasteiger partial charge on any atom is 0.225 e. The number of ether oxygens (including phenoxy) is 1. The normalized spacial score (nSPS) is 24.7. The average Bonchev–Trinajstić information content (AvgIpc) is 2.96. The van der Waals surface area contributed by atoms with Crippen molar-refractivity contribution in [3.63, 3.8) is 0 Å². The topological polar surface area (TPSA) is 49.8 Å². The molecular weight excluding hydrogens is 310 g/mol. The molecule has 1 aromatic carbocycles. The molecule has 0 unspecified atom stereocenters. The number of amides is 1. The van der Waals surface area contributed by atoms with Crippen LogP contribution in [0.4, 0.5) is 0 Å². The highest BCUT2D eigenvalue weighted by molar-refractivity contribution is 7.19. The van der Waals surface area contributed by atoms with Gasteiger partial charge in [-0.1, -0.05) is 18.2 Å². The van der Waals surface area contributed by atoms with E-state index in [0.29, 0.717) is 19.4 Å². The summed E-state index contributed by atoms with van der Waals surface area (Å²) in [6, 6.07) is 10.4. The van der Waals surface area contributed by atoms with E-state index in [1.807, 2.05) is 19.2 Å². The fraction of sp³-hybridized carbons (Fsp3) is 0.500. The molecule has 0 saturated heterocycles. The van der Waals surface area contributed by atoms with Crippen LogP contribution in [0.5, 0.6) is 0 Å². The number of thiophene rings is 1. The lowest BCUT2D eigenvalue weighted by atomic mass is 9.84. The van der Waals surface area contributed by atoms with Crippen molar-refractivity contribution in [2.24, 2.45) is 5.92 Å². The molecule has 1 aliphatic carbocycles. The van der Waals surface area contributed by atoms with Gasteiger partial charge in [0, 0.05) is 29.7 Å². The number of rotatable bonds is 4. The fourth-order valence-corrected chi connectivity index (χ4v) is 4.45. The van der Waals surface area contributed by atoms with Gasteiger partial charge in [0.1, 0.15) is 0 Å². The van der Waals surface area contributed by atoms with Crippen molar-refractivity contribution in [2.75, 3.05) is 14.2 Å². The summed E-state index contributed by atoms with van der Waals surface area (Å²) in [6.07, 6.45) is 1.29. The minimum absolute atomic E-state index is 0.0530. The lowest BCUT2D eigenvalue weighted by molar-refractivity contribution is -0.140. The van der Waals surface area contributed by atoms with Gasteiger partial charge in [-0.2, -0.15) is 0 Å². The Balaban J connectivity index is 1.65. The molecule has 2 aromatic rings. The summed E-state index contributed by atoms with van der Waals surface area (Å²) in [5.41, 5.74) is 0. The third-order valence-electron chi connectivity index (χ3n) is 4.65. The molecule has 1 fully saturated rings. The van der Waals surface area contributed by atoms with Gasteiger partial charge < -0.3 is 14.7 Å². The lowest BCUT2D eigenvalue weighted by Gasteiger charge is -2.33. The zero-order valence-electron chi connectivity index (χ0n) is 13.6. The monoisotopic (exact) mass is 333 g/mol. The summed E-state index contributed by atoms with van der Waals surface area (Å²) >= 11 is 1.74. The number of carbonyl (C=O) groups excluding carboxylic acids is 1. The number of benzene rings is 1. The van der Waals surface area contributed by atoms with Crippen molar-refractivity contribution in [3.8, 4) is 0 Å². The molecule has 5 heteroatoms. The van der Waals surface area contributed by atoms with Gasteiger partial charge in [-0.05, 0) is 36.8 Å². The van der Waals surface area contributed by atoms with E-state index < -0.39 is 6.10 Å². The van der Waals surface area contributed by atoms with Crippen LogP contribution in [0.2, 0.25) is 0 Å². The van der Waals surface area contributed by atoms with Gasteiger partial charge in [0.15, 0.2) is 0 Å². The van der Waals surface area contributed by atoms with Crippen LogP contribution in [0.25, 0.3) is 10.1 Å². The number of aliphatic hydroxyl groups excluding tert-OH is 1. The maximum atomic E-state index is 12.7. The Morgan fingerprint density at radius 3 is 2.91 bits per heavy atom. The van der Waals surface area contributed by atoms with Gasteiger partial charge in [-0.15, -0.1) is 11.3 Å². The van der Waals surface area contributed by atoms with Crippen LogP contribution in [0.1, 0.15) is 24.1 Å². The van der Waals surface area contributed by atoms with Gasteiger partial charge in [-0.3, -0.25) is 4.79 Å². The third kappa shape index (κ3) is 3.57. The molecule has 23 heavy (non-hydrogen) atoms. The van der Waals surface area contributed by atoms with Crippen molar-refractivity contribution in [2.45, 2.75) is 38.0 Å². The first-order chi connectivity index (χ1) is 11.1. The van der Waals surface area contributed by atoms with Crippen molar-refractivity contribution in [1.82, 2.24) is 4.90 Å². The molecule has 1 aliphatic rings. The maximum absolute atomic E-state index is 12.7. The van der Waals surface area contributed by atoms with E-state index >= 15 is 0 Å². The Morgan fingerprint density at radius 1 is 1.39 bits per heavy atom. The number of fused-ring (bicyclic) bond motifs is 1. The zero-order valence-corrected chi connectivity index (χ0v) is 14.4. The molecule has 0 radical (unpaired) electrons. The van der Waals surface area contributed by atoms with Crippen molar-refractivity contribution in [3.05, 3.63) is 35.2 Å². The third-order valence-corrected chi connectivity index (χ3v) is 5.76. The Hall–Kier alpha value is -1.43. The van der Waals surface area contributed by atoms with E-state index in [4.69, 9.17) is 4.74 Å². The van der Waals surface area contributed by atoms with Gasteiger partial charge in [-0.25, -0.2) is 0 Å². The quantitative estimate of drug-likeness (QED) is 0.935. The Labute approximate surface area is 140 Å². The van der Waals surface area contributed by atoms with Gasteiger partial charge in [0.25, 0.3) is 0 Å². The molecular formula is C18H23NO3S. The van der Waals surface area contributed by atoms with E-state index in [-0.39, 0.29) is 17.9 Å². The van der Waals surface area contributed by atoms with Crippen LogP contribution >= 0.6 is 11.3 Å². The number of hydrogen-bond donors (Lipinski definition) is 1. The largest absolute Gasteiger partial charge is 0.390 e. The van der Waals surface area contributed by atoms with Crippen LogP contribution in [0.15, 0.2) is 30.3 Å². The molecule has 0 spiro atoms. The van der Waals surface area contributed by atoms with E-state index in [2.05, 4.69) is 18.2 Å². The molecule has 0 aliphatic heterocycles. The first-order valence-corrected chi connectivity index (χ1v) is 8.83. The number of hydrogen-bond acceptors (Lipinski definition) is 4. The summed E-state index contributed by atoms with van der Waals surface area (Å²) in [5.74, 6) is 0.0964. The summed E-state index contributed by atoms with van der Waals surface area (Å²) < 4.78 is 6.56. The predicted octanol–water partition coefficient (Wildman–Crippen LogP) is 3.04. The molecule has 124 valence electrons. The molecule has 1 aromatic heterocycles. The smallest absolute Gasteiger partial charge is 0.225 e. The van der Waals surface area contributed by atoms with Crippen LogP contribution in [-0.4, -0.2) is 42.3 Å². The molecule has 0 bridgehead atoms. The highest BCUT2D eigenvalue weighted by Gasteiger charge is 2.34. The zero-order chi connectivity index (χ0) is 16.4. The minimum atomic E-state index is -0.447. The first-order valence-electron chi connectivity index (χ1n) is 8.01. The molecule has 1 heterocycles. The fourth-order valence-electron chi connectivity index (χ4n) is 3.33. The Morgan fingerprint density at radius 2 is 2.17 bits per heavy atom. The Bertz CT molecular complexity index is 651. The van der Waals surface area contributed by atoms with Gasteiger partial charge in [0.2, 0.25) is 5.91 Å². The number of nitrogens with zero attached hydrogens (tertiary/aromatic N) is 1. The van der Waals surface area contributed by atoms with Crippen LogP contribution in [0, 0.1) is 5.92 Å². The number of methoxy groups -OCH3 is 1. The van der Waals surface area contributed by atoms with E-state index in [1.165, 1.54) is 15.0 Å². The summed E-state index contributed by atoms with van der Waals surface area (Å²) in [7, 11) is 3.46. The number of aliphatic hydroxyl groups is 1. The lowest BCUT2D eigenvalue weighted by Crippen LogP contribution is -2.41. The van der Waals surface area contributed by atoms with Crippen LogP contribution in [0.3, 0.4) is 0 Å². The van der Waals surface area contributed by atoms with Gasteiger partial charge in [0.05, 0.1) is 18.8 Å². The van der Waals surface area contributed by atoms with Crippen molar-refractivity contribution in [1.29, 1.82) is 0 Å². The molecule has 3 atom stereocenters. The van der Waals surface area contributed by atoms with E-state index in [0.717, 1.165) is 6.42 Å². The summed E-state index contributed by atoms with van der Waals surface area (Å²) in [5, 5.41) is 11.1. The second-order valence-electron chi connectivity index (χ2n) is 6.30. The van der Waals surface area contributed by atoms with Gasteiger partial charge >= 0.3 is 0 Å². The van der Waals surface area contributed by atoms with E-state index in [9.17, 15) is 9.90 Å². The predicted molar refractivity (Wildman–Crippen MR) is 92.4 cm³/mol. The summed E-state index contributed by atoms with van der Waals surface area (Å²) in [6.45, 7) is 0.634. The molecule has 3 rings (SSSR count). The Kier molecular flexibility index (Phi) is 4.99. The first kappa shape index (κ1) is 16.4. The highest BCUT2D eigenvalue weighted by Crippen LogP contribution is 2.30. The minimum Gasteiger partial charge on any atom is -0.390 e. The van der Waals surface area contributed by atoms with Crippen LogP contribution < -0.4 is 0 Å². The average molecular weight is 333 g/mol. The SMILES string of the molecule is CO[C@@H]1C[C@H](C(=O)N(C)Cc2cc3ccccc3s2)CC[C@@H]1O. The second kappa shape index (κ2) is 6.99. The van der Waals surface area contributed by atoms with Crippen molar-refractivity contribution >= 4 is 27.3 Å². The molecule has 4 nitrogen and oxygen atoms in total. The molecule has 1 N–H and O–H groups in total. The molecule has 1 saturated carbocycles. The second-order valence-corrected chi connectivity index (χ2v) is 7.46. The van der Waals surface area contributed by atoms with Crippen LogP contribution in [-0.2, 0) is 16.1 Å².